The average Bonchev–Trinajstić information content (AvgIpc) is 2.98. The molecule has 0 saturated heterocycles. The summed E-state index contributed by atoms with van der Waals surface area (Å²) < 4.78 is 6.39. The third kappa shape index (κ3) is 3.07. The topological polar surface area (TPSA) is 64.9 Å². The number of thiophene rings is 1. The highest BCUT2D eigenvalue weighted by atomic mass is 79.9. The lowest BCUT2D eigenvalue weighted by Crippen LogP contribution is -2.43. The van der Waals surface area contributed by atoms with Gasteiger partial charge in [0, 0.05) is 21.8 Å². The lowest BCUT2D eigenvalue weighted by atomic mass is 9.80. The Kier molecular flexibility index (Phi) is 3.73. The Morgan fingerprint density at radius 3 is 2.84 bits per heavy atom. The Morgan fingerprint density at radius 2 is 2.16 bits per heavy atom. The molecule has 0 aromatic carbocycles. The molecule has 2 N–H and O–H groups in total. The fraction of sp³-hybridized carbons (Fsp3) is 0.538. The van der Waals surface area contributed by atoms with E-state index in [1.165, 1.54) is 19.3 Å². The van der Waals surface area contributed by atoms with Crippen molar-refractivity contribution in [3.8, 4) is 10.7 Å². The zero-order valence-electron chi connectivity index (χ0n) is 10.6. The van der Waals surface area contributed by atoms with E-state index in [1.54, 1.807) is 11.3 Å². The molecular formula is C13H16BrN3OS. The molecule has 3 rings (SSSR count). The van der Waals surface area contributed by atoms with E-state index in [9.17, 15) is 0 Å². The van der Waals surface area contributed by atoms with Crippen LogP contribution in [0, 0.1) is 0 Å². The summed E-state index contributed by atoms with van der Waals surface area (Å²) in [5.41, 5.74) is 6.26. The Morgan fingerprint density at radius 1 is 1.37 bits per heavy atom. The number of hydrogen-bond acceptors (Lipinski definition) is 5. The fourth-order valence-corrected chi connectivity index (χ4v) is 3.94. The standard InChI is InChI=1S/C13H16BrN3OS/c14-9-6-10(19-8-9)12-16-11(18-17-12)7-13(15)4-2-1-3-5-13/h6,8H,1-5,7,15H2. The molecule has 0 bridgehead atoms. The summed E-state index contributed by atoms with van der Waals surface area (Å²) in [7, 11) is 0. The lowest BCUT2D eigenvalue weighted by molar-refractivity contribution is 0.261. The van der Waals surface area contributed by atoms with Crippen molar-refractivity contribution in [1.29, 1.82) is 0 Å². The Bertz CT molecular complexity index is 560. The molecule has 1 aliphatic rings. The maximum atomic E-state index is 6.41. The van der Waals surface area contributed by atoms with Crippen molar-refractivity contribution < 1.29 is 4.52 Å². The van der Waals surface area contributed by atoms with E-state index in [0.29, 0.717) is 18.1 Å². The number of nitrogens with two attached hydrogens (primary N) is 1. The average molecular weight is 342 g/mol. The fourth-order valence-electron chi connectivity index (χ4n) is 2.59. The third-order valence-corrected chi connectivity index (χ3v) is 5.30. The summed E-state index contributed by atoms with van der Waals surface area (Å²) in [5.74, 6) is 1.31. The van der Waals surface area contributed by atoms with Gasteiger partial charge in [-0.15, -0.1) is 11.3 Å². The van der Waals surface area contributed by atoms with Gasteiger partial charge in [-0.05, 0) is 34.8 Å². The number of aromatic nitrogens is 2. The minimum absolute atomic E-state index is 0.155. The van der Waals surface area contributed by atoms with Gasteiger partial charge < -0.3 is 10.3 Å². The normalized spacial score (nSPS) is 18.6. The van der Waals surface area contributed by atoms with Crippen LogP contribution < -0.4 is 5.73 Å². The van der Waals surface area contributed by atoms with E-state index >= 15 is 0 Å². The number of rotatable bonds is 3. The van der Waals surface area contributed by atoms with E-state index in [1.807, 2.05) is 11.4 Å². The van der Waals surface area contributed by atoms with Crippen LogP contribution in [0.4, 0.5) is 0 Å². The van der Waals surface area contributed by atoms with E-state index in [2.05, 4.69) is 26.1 Å². The summed E-state index contributed by atoms with van der Waals surface area (Å²) in [6, 6.07) is 2.00. The van der Waals surface area contributed by atoms with Gasteiger partial charge in [-0.3, -0.25) is 0 Å². The predicted octanol–water partition coefficient (Wildman–Crippen LogP) is 3.76. The smallest absolute Gasteiger partial charge is 0.228 e. The highest BCUT2D eigenvalue weighted by Gasteiger charge is 2.30. The summed E-state index contributed by atoms with van der Waals surface area (Å²) in [6.07, 6.45) is 6.49. The molecule has 19 heavy (non-hydrogen) atoms. The monoisotopic (exact) mass is 341 g/mol. The van der Waals surface area contributed by atoms with E-state index < -0.39 is 0 Å². The number of halogens is 1. The predicted molar refractivity (Wildman–Crippen MR) is 79.0 cm³/mol. The maximum absolute atomic E-state index is 6.41. The minimum atomic E-state index is -0.155. The van der Waals surface area contributed by atoms with Crippen molar-refractivity contribution in [2.45, 2.75) is 44.1 Å². The van der Waals surface area contributed by atoms with Crippen molar-refractivity contribution in [3.05, 3.63) is 21.8 Å². The molecule has 1 fully saturated rings. The molecule has 2 heterocycles. The van der Waals surface area contributed by atoms with Crippen molar-refractivity contribution in [1.82, 2.24) is 10.1 Å². The Labute approximate surface area is 124 Å². The van der Waals surface area contributed by atoms with Crippen LogP contribution in [0.2, 0.25) is 0 Å². The van der Waals surface area contributed by atoms with Gasteiger partial charge in [0.25, 0.3) is 0 Å². The third-order valence-electron chi connectivity index (χ3n) is 3.61. The van der Waals surface area contributed by atoms with Gasteiger partial charge in [-0.25, -0.2) is 0 Å². The quantitative estimate of drug-likeness (QED) is 0.922. The van der Waals surface area contributed by atoms with Crippen molar-refractivity contribution in [2.75, 3.05) is 0 Å². The molecule has 6 heteroatoms. The van der Waals surface area contributed by atoms with Crippen LogP contribution in [0.5, 0.6) is 0 Å². The molecule has 0 radical (unpaired) electrons. The molecule has 4 nitrogen and oxygen atoms in total. The van der Waals surface area contributed by atoms with Crippen LogP contribution in [0.3, 0.4) is 0 Å². The van der Waals surface area contributed by atoms with Crippen LogP contribution in [-0.4, -0.2) is 15.7 Å². The highest BCUT2D eigenvalue weighted by molar-refractivity contribution is 9.10. The molecule has 0 aliphatic heterocycles. The highest BCUT2D eigenvalue weighted by Crippen LogP contribution is 2.31. The molecule has 2 aromatic rings. The van der Waals surface area contributed by atoms with Crippen molar-refractivity contribution in [3.63, 3.8) is 0 Å². The van der Waals surface area contributed by atoms with Gasteiger partial charge in [-0.1, -0.05) is 24.4 Å². The zero-order valence-corrected chi connectivity index (χ0v) is 13.0. The van der Waals surface area contributed by atoms with Crippen molar-refractivity contribution >= 4 is 27.3 Å². The van der Waals surface area contributed by atoms with Crippen LogP contribution in [0.25, 0.3) is 10.7 Å². The van der Waals surface area contributed by atoms with E-state index in [4.69, 9.17) is 10.3 Å². The second-order valence-electron chi connectivity index (χ2n) is 5.24. The molecule has 2 aromatic heterocycles. The van der Waals surface area contributed by atoms with Crippen LogP contribution in [-0.2, 0) is 6.42 Å². The van der Waals surface area contributed by atoms with Gasteiger partial charge in [0.15, 0.2) is 0 Å². The van der Waals surface area contributed by atoms with Gasteiger partial charge in [0.05, 0.1) is 4.88 Å². The van der Waals surface area contributed by atoms with Gasteiger partial charge in [-0.2, -0.15) is 4.98 Å². The second-order valence-corrected chi connectivity index (χ2v) is 7.07. The summed E-state index contributed by atoms with van der Waals surface area (Å²) in [6.45, 7) is 0. The lowest BCUT2D eigenvalue weighted by Gasteiger charge is -2.31. The molecule has 0 unspecified atom stereocenters. The molecule has 1 saturated carbocycles. The first kappa shape index (κ1) is 13.3. The molecule has 0 atom stereocenters. The first-order valence-electron chi connectivity index (χ1n) is 6.51. The van der Waals surface area contributed by atoms with Crippen molar-refractivity contribution in [2.24, 2.45) is 5.73 Å². The number of nitrogens with zero attached hydrogens (tertiary/aromatic N) is 2. The van der Waals surface area contributed by atoms with Crippen LogP contribution >= 0.6 is 27.3 Å². The molecule has 0 amide bonds. The molecule has 102 valence electrons. The molecule has 1 aliphatic carbocycles. The summed E-state index contributed by atoms with van der Waals surface area (Å²) in [4.78, 5) is 5.48. The Balaban J connectivity index is 1.74. The summed E-state index contributed by atoms with van der Waals surface area (Å²) in [5, 5.41) is 6.06. The van der Waals surface area contributed by atoms with Gasteiger partial charge in [0.1, 0.15) is 0 Å². The largest absolute Gasteiger partial charge is 0.339 e. The molecule has 0 spiro atoms. The number of hydrogen-bond donors (Lipinski definition) is 1. The molecular weight excluding hydrogens is 326 g/mol. The minimum Gasteiger partial charge on any atom is -0.339 e. The second kappa shape index (κ2) is 5.34. The first-order chi connectivity index (χ1) is 9.15. The van der Waals surface area contributed by atoms with Crippen LogP contribution in [0.1, 0.15) is 38.0 Å². The van der Waals surface area contributed by atoms with E-state index in [-0.39, 0.29) is 5.54 Å². The first-order valence-corrected chi connectivity index (χ1v) is 8.18. The SMILES string of the molecule is NC1(Cc2nc(-c3cc(Br)cs3)no2)CCCCC1. The Hall–Kier alpha value is -0.720. The van der Waals surface area contributed by atoms with Crippen LogP contribution in [0.15, 0.2) is 20.4 Å². The maximum Gasteiger partial charge on any atom is 0.228 e. The summed E-state index contributed by atoms with van der Waals surface area (Å²) >= 11 is 5.03. The van der Waals surface area contributed by atoms with E-state index in [0.717, 1.165) is 22.2 Å². The van der Waals surface area contributed by atoms with Gasteiger partial charge in [0.2, 0.25) is 11.7 Å². The van der Waals surface area contributed by atoms with Gasteiger partial charge >= 0.3 is 0 Å². The zero-order chi connectivity index (χ0) is 13.3.